The molecule has 0 aliphatic carbocycles. The molecule has 0 aliphatic heterocycles. The number of fused-ring (bicyclic) bond motifs is 1. The summed E-state index contributed by atoms with van der Waals surface area (Å²) >= 11 is 0. The van der Waals surface area contributed by atoms with Crippen LogP contribution in [0.1, 0.15) is 20.7 Å². The molecule has 0 radical (unpaired) electrons. The number of aldehydes is 2. The van der Waals surface area contributed by atoms with E-state index in [9.17, 15) is 22.4 Å². The molecule has 3 aromatic carbocycles. The van der Waals surface area contributed by atoms with Gasteiger partial charge in [0, 0.05) is 35.2 Å². The van der Waals surface area contributed by atoms with Crippen LogP contribution in [0.4, 0.5) is 10.1 Å². The number of furan rings is 1. The van der Waals surface area contributed by atoms with Gasteiger partial charge in [-0.1, -0.05) is 18.2 Å². The number of nitrogens with zero attached hydrogens (tertiary/aromatic N) is 1. The number of hydrogen-bond donors (Lipinski definition) is 1. The lowest BCUT2D eigenvalue weighted by Crippen LogP contribution is -2.25. The zero-order valence-electron chi connectivity index (χ0n) is 19.7. The van der Waals surface area contributed by atoms with E-state index in [2.05, 4.69) is 5.32 Å². The third-order valence-corrected chi connectivity index (χ3v) is 6.43. The van der Waals surface area contributed by atoms with Gasteiger partial charge in [0.1, 0.15) is 23.4 Å². The highest BCUT2D eigenvalue weighted by Gasteiger charge is 2.23. The molecule has 0 spiro atoms. The number of hydrogen-bond acceptors (Lipinski definition) is 6. The molecule has 0 amide bonds. The van der Waals surface area contributed by atoms with Crippen LogP contribution >= 0.6 is 0 Å². The lowest BCUT2D eigenvalue weighted by molar-refractivity contribution is 0.111. The van der Waals surface area contributed by atoms with Crippen molar-refractivity contribution in [1.82, 2.24) is 5.32 Å². The van der Waals surface area contributed by atoms with Crippen molar-refractivity contribution in [3.05, 3.63) is 77.6 Å². The summed E-state index contributed by atoms with van der Waals surface area (Å²) in [5, 5.41) is 3.22. The third kappa shape index (κ3) is 5.47. The minimum absolute atomic E-state index is 0.252. The van der Waals surface area contributed by atoms with Gasteiger partial charge < -0.3 is 9.73 Å². The topological polar surface area (TPSA) is 96.7 Å². The minimum Gasteiger partial charge on any atom is -0.455 e. The first-order valence-corrected chi connectivity index (χ1v) is 12.4. The largest absolute Gasteiger partial charge is 0.455 e. The Balaban J connectivity index is 0.00000108. The lowest BCUT2D eigenvalue weighted by atomic mass is 9.98. The van der Waals surface area contributed by atoms with Gasteiger partial charge in [0.2, 0.25) is 10.0 Å². The second-order valence-electron chi connectivity index (χ2n) is 7.81. The normalized spacial score (nSPS) is 11.0. The fraction of sp³-hybridized carbons (Fsp3) is 0.154. The maximum absolute atomic E-state index is 13.4. The van der Waals surface area contributed by atoms with Crippen LogP contribution in [-0.2, 0) is 10.0 Å². The van der Waals surface area contributed by atoms with Crippen molar-refractivity contribution < 1.29 is 26.8 Å². The van der Waals surface area contributed by atoms with E-state index < -0.39 is 15.8 Å². The molecular weight excluding hydrogens is 471 g/mol. The van der Waals surface area contributed by atoms with Crippen LogP contribution in [0.5, 0.6) is 0 Å². The van der Waals surface area contributed by atoms with Crippen molar-refractivity contribution >= 4 is 39.3 Å². The zero-order chi connectivity index (χ0) is 25.8. The van der Waals surface area contributed by atoms with E-state index in [-0.39, 0.29) is 11.3 Å². The van der Waals surface area contributed by atoms with Crippen molar-refractivity contribution in [2.45, 2.75) is 0 Å². The summed E-state index contributed by atoms with van der Waals surface area (Å²) in [5.74, 6) is -0.173. The van der Waals surface area contributed by atoms with E-state index in [1.165, 1.54) is 31.3 Å². The number of benzene rings is 3. The van der Waals surface area contributed by atoms with Crippen molar-refractivity contribution in [2.75, 3.05) is 31.7 Å². The predicted molar refractivity (Wildman–Crippen MR) is 136 cm³/mol. The Kier molecular flexibility index (Phi) is 7.83. The molecule has 0 saturated heterocycles. The molecule has 0 atom stereocenters. The second-order valence-corrected chi connectivity index (χ2v) is 9.82. The van der Waals surface area contributed by atoms with Gasteiger partial charge in [-0.2, -0.15) is 0 Å². The average molecular weight is 497 g/mol. The van der Waals surface area contributed by atoms with Crippen LogP contribution in [0.2, 0.25) is 0 Å². The van der Waals surface area contributed by atoms with Gasteiger partial charge in [-0.3, -0.25) is 13.9 Å². The van der Waals surface area contributed by atoms with Gasteiger partial charge in [0.15, 0.2) is 6.29 Å². The zero-order valence-corrected chi connectivity index (χ0v) is 20.5. The van der Waals surface area contributed by atoms with E-state index >= 15 is 0 Å². The molecule has 0 bridgehead atoms. The third-order valence-electron chi connectivity index (χ3n) is 5.24. The molecule has 0 fully saturated rings. The quantitative estimate of drug-likeness (QED) is 0.387. The summed E-state index contributed by atoms with van der Waals surface area (Å²) in [4.78, 5) is 23.3. The van der Waals surface area contributed by atoms with Gasteiger partial charge in [0.05, 0.1) is 17.5 Å². The summed E-state index contributed by atoms with van der Waals surface area (Å²) in [6, 6.07) is 15.4. The highest BCUT2D eigenvalue weighted by molar-refractivity contribution is 7.92. The first-order chi connectivity index (χ1) is 16.6. The second kappa shape index (κ2) is 10.6. The van der Waals surface area contributed by atoms with Crippen LogP contribution < -0.4 is 9.62 Å². The molecule has 35 heavy (non-hydrogen) atoms. The van der Waals surface area contributed by atoms with E-state index in [0.29, 0.717) is 51.5 Å². The van der Waals surface area contributed by atoms with E-state index in [4.69, 9.17) is 4.42 Å². The first kappa shape index (κ1) is 25.8. The number of sulfonamides is 1. The number of carbonyl (C=O) groups is 2. The molecule has 1 heterocycles. The predicted octanol–water partition coefficient (Wildman–Crippen LogP) is 4.76. The molecule has 4 aromatic rings. The molecule has 7 nitrogen and oxygen atoms in total. The van der Waals surface area contributed by atoms with Gasteiger partial charge >= 0.3 is 0 Å². The number of carbonyl (C=O) groups excluding carboxylic acids is 2. The Morgan fingerprint density at radius 1 is 0.943 bits per heavy atom. The van der Waals surface area contributed by atoms with E-state index in [1.807, 2.05) is 14.1 Å². The van der Waals surface area contributed by atoms with Crippen LogP contribution in [0.25, 0.3) is 33.4 Å². The van der Waals surface area contributed by atoms with Crippen LogP contribution in [0.3, 0.4) is 0 Å². The number of anilines is 1. The molecule has 4 rings (SSSR count). The maximum atomic E-state index is 13.4. The molecular formula is C26H25FN2O5S. The molecule has 0 saturated carbocycles. The molecule has 0 unspecified atom stereocenters. The minimum atomic E-state index is -3.63. The maximum Gasteiger partial charge on any atom is 0.232 e. The van der Waals surface area contributed by atoms with Crippen LogP contribution in [0.15, 0.2) is 65.1 Å². The monoisotopic (exact) mass is 496 g/mol. The van der Waals surface area contributed by atoms with Crippen LogP contribution in [-0.4, -0.2) is 48.4 Å². The van der Waals surface area contributed by atoms with Crippen molar-refractivity contribution in [3.8, 4) is 22.5 Å². The fourth-order valence-corrected chi connectivity index (χ4v) is 4.04. The first-order valence-electron chi connectivity index (χ1n) is 10.5. The van der Waals surface area contributed by atoms with E-state index in [0.717, 1.165) is 10.6 Å². The highest BCUT2D eigenvalue weighted by atomic mass is 32.2. The molecule has 1 aromatic heterocycles. The van der Waals surface area contributed by atoms with Crippen molar-refractivity contribution in [3.63, 3.8) is 0 Å². The highest BCUT2D eigenvalue weighted by Crippen LogP contribution is 2.40. The molecule has 0 aliphatic rings. The fourth-order valence-electron chi connectivity index (χ4n) is 3.53. The standard InChI is InChI=1S/C24H18FNO5S.C2H7N/c1-26(32(2,29)30)22-12-23-20(11-19(22)17-5-3-4-15(10-17)13-27)21(14-28)24(31-23)16-6-8-18(25)9-7-16;1-3-2/h3-14H,1-2H3;3H,1-2H3. The number of rotatable bonds is 6. The van der Waals surface area contributed by atoms with Gasteiger partial charge in [-0.05, 0) is 56.1 Å². The summed E-state index contributed by atoms with van der Waals surface area (Å²) in [5.41, 5.74) is 2.91. The lowest BCUT2D eigenvalue weighted by Gasteiger charge is -2.20. The number of nitrogens with one attached hydrogen (secondary N) is 1. The smallest absolute Gasteiger partial charge is 0.232 e. The average Bonchev–Trinajstić information content (AvgIpc) is 3.20. The number of halogens is 1. The van der Waals surface area contributed by atoms with Crippen molar-refractivity contribution in [2.24, 2.45) is 0 Å². The summed E-state index contributed by atoms with van der Waals surface area (Å²) in [7, 11) is 1.54. The SMILES string of the molecule is CN(c1cc2oc(-c3ccc(F)cc3)c(C=O)c2cc1-c1cccc(C=O)c1)S(C)(=O)=O.CNC. The Labute approximate surface area is 203 Å². The molecule has 1 N–H and O–H groups in total. The van der Waals surface area contributed by atoms with Gasteiger partial charge in [-0.15, -0.1) is 0 Å². The summed E-state index contributed by atoms with van der Waals surface area (Å²) in [6.07, 6.45) is 2.42. The van der Waals surface area contributed by atoms with E-state index in [1.54, 1.807) is 36.4 Å². The van der Waals surface area contributed by atoms with Gasteiger partial charge in [0.25, 0.3) is 0 Å². The van der Waals surface area contributed by atoms with Crippen molar-refractivity contribution in [1.29, 1.82) is 0 Å². The van der Waals surface area contributed by atoms with Gasteiger partial charge in [-0.25, -0.2) is 12.8 Å². The Morgan fingerprint density at radius 3 is 2.17 bits per heavy atom. The summed E-state index contributed by atoms with van der Waals surface area (Å²) in [6.45, 7) is 0. The summed E-state index contributed by atoms with van der Waals surface area (Å²) < 4.78 is 45.0. The Morgan fingerprint density at radius 2 is 1.60 bits per heavy atom. The Hall–Kier alpha value is -3.82. The molecule has 9 heteroatoms. The Bertz CT molecular complexity index is 1480. The molecule has 182 valence electrons. The van der Waals surface area contributed by atoms with Crippen LogP contribution in [0, 0.1) is 5.82 Å².